The van der Waals surface area contributed by atoms with Gasteiger partial charge in [-0.05, 0) is 39.7 Å². The van der Waals surface area contributed by atoms with Crippen molar-refractivity contribution in [1.82, 2.24) is 10.2 Å². The fraction of sp³-hybridized carbons (Fsp3) is 0.0625. The lowest BCUT2D eigenvalue weighted by molar-refractivity contribution is 0.304. The van der Waals surface area contributed by atoms with E-state index in [1.807, 2.05) is 48.5 Å². The molecule has 0 spiro atoms. The molecule has 3 aromatic rings. The molecule has 106 valence electrons. The second-order valence-electron chi connectivity index (χ2n) is 4.63. The quantitative estimate of drug-likeness (QED) is 0.752. The number of hydrogen-bond acceptors (Lipinski definition) is 3. The molecule has 5 heteroatoms. The van der Waals surface area contributed by atoms with Gasteiger partial charge in [0, 0.05) is 11.6 Å². The van der Waals surface area contributed by atoms with E-state index in [-0.39, 0.29) is 0 Å². The van der Waals surface area contributed by atoms with Crippen molar-refractivity contribution >= 4 is 21.7 Å². The summed E-state index contributed by atoms with van der Waals surface area (Å²) >= 11 is 3.53. The van der Waals surface area contributed by atoms with Crippen LogP contribution in [0.15, 0.2) is 59.1 Å². The van der Waals surface area contributed by atoms with Gasteiger partial charge in [0.25, 0.3) is 0 Å². The first-order chi connectivity index (χ1) is 10.2. The number of nitrogens with one attached hydrogen (secondary N) is 1. The fourth-order valence-corrected chi connectivity index (χ4v) is 2.50. The maximum Gasteiger partial charge on any atom is 0.145 e. The topological polar surface area (TPSA) is 63.9 Å². The van der Waals surface area contributed by atoms with Crippen molar-refractivity contribution in [1.29, 1.82) is 0 Å². The van der Waals surface area contributed by atoms with Gasteiger partial charge in [-0.2, -0.15) is 5.10 Å². The highest BCUT2D eigenvalue weighted by atomic mass is 79.9. The van der Waals surface area contributed by atoms with Gasteiger partial charge in [0.2, 0.25) is 0 Å². The number of hydrogen-bond donors (Lipinski definition) is 2. The average molecular weight is 344 g/mol. The van der Waals surface area contributed by atoms with E-state index >= 15 is 0 Å². The van der Waals surface area contributed by atoms with E-state index < -0.39 is 0 Å². The van der Waals surface area contributed by atoms with Crippen LogP contribution in [0.2, 0.25) is 0 Å². The van der Waals surface area contributed by atoms with Crippen LogP contribution in [-0.4, -0.2) is 10.2 Å². The van der Waals surface area contributed by atoms with Gasteiger partial charge in [-0.15, -0.1) is 0 Å². The smallest absolute Gasteiger partial charge is 0.145 e. The molecule has 1 aromatic heterocycles. The molecule has 0 aliphatic heterocycles. The fourth-order valence-electron chi connectivity index (χ4n) is 2.01. The third-order valence-electron chi connectivity index (χ3n) is 3.08. The van der Waals surface area contributed by atoms with Gasteiger partial charge in [0.1, 0.15) is 18.2 Å². The summed E-state index contributed by atoms with van der Waals surface area (Å²) in [4.78, 5) is 0. The number of anilines is 1. The zero-order chi connectivity index (χ0) is 14.7. The van der Waals surface area contributed by atoms with E-state index in [0.29, 0.717) is 12.4 Å². The van der Waals surface area contributed by atoms with Gasteiger partial charge in [0.05, 0.1) is 10.2 Å². The number of aromatic amines is 1. The highest BCUT2D eigenvalue weighted by molar-refractivity contribution is 9.10. The molecule has 0 radical (unpaired) electrons. The summed E-state index contributed by atoms with van der Waals surface area (Å²) in [7, 11) is 0. The van der Waals surface area contributed by atoms with Gasteiger partial charge >= 0.3 is 0 Å². The predicted molar refractivity (Wildman–Crippen MR) is 86.9 cm³/mol. The van der Waals surface area contributed by atoms with Crippen LogP contribution in [0.25, 0.3) is 11.3 Å². The molecule has 0 saturated heterocycles. The molecule has 4 nitrogen and oxygen atoms in total. The number of nitrogen functional groups attached to an aromatic ring is 1. The van der Waals surface area contributed by atoms with Gasteiger partial charge < -0.3 is 10.5 Å². The summed E-state index contributed by atoms with van der Waals surface area (Å²) in [5.74, 6) is 1.28. The number of nitrogens with zero attached hydrogens (tertiary/aromatic N) is 1. The van der Waals surface area contributed by atoms with Crippen LogP contribution in [-0.2, 0) is 6.61 Å². The van der Waals surface area contributed by atoms with E-state index in [0.717, 1.165) is 27.0 Å². The molecule has 0 fully saturated rings. The molecule has 0 unspecified atom stereocenters. The molecular weight excluding hydrogens is 330 g/mol. The van der Waals surface area contributed by atoms with Crippen LogP contribution in [0.4, 0.5) is 5.82 Å². The van der Waals surface area contributed by atoms with Gasteiger partial charge in [-0.3, -0.25) is 5.10 Å². The molecule has 21 heavy (non-hydrogen) atoms. The second-order valence-corrected chi connectivity index (χ2v) is 5.48. The van der Waals surface area contributed by atoms with E-state index in [2.05, 4.69) is 26.1 Å². The lowest BCUT2D eigenvalue weighted by Gasteiger charge is -2.09. The van der Waals surface area contributed by atoms with E-state index in [4.69, 9.17) is 10.5 Å². The Balaban J connectivity index is 1.75. The van der Waals surface area contributed by atoms with Crippen molar-refractivity contribution in [3.63, 3.8) is 0 Å². The van der Waals surface area contributed by atoms with Crippen LogP contribution in [0, 0.1) is 0 Å². The summed E-state index contributed by atoms with van der Waals surface area (Å²) in [6.45, 7) is 0.537. The van der Waals surface area contributed by atoms with Gasteiger partial charge in [0.15, 0.2) is 0 Å². The van der Waals surface area contributed by atoms with Crippen molar-refractivity contribution < 1.29 is 4.74 Å². The summed E-state index contributed by atoms with van der Waals surface area (Å²) < 4.78 is 6.71. The van der Waals surface area contributed by atoms with Gasteiger partial charge in [-0.25, -0.2) is 0 Å². The maximum absolute atomic E-state index is 5.82. The molecule has 0 bridgehead atoms. The molecule has 0 saturated carbocycles. The molecule has 1 heterocycles. The predicted octanol–water partition coefficient (Wildman–Crippen LogP) is 4.00. The number of rotatable bonds is 4. The Labute approximate surface area is 131 Å². The Morgan fingerprint density at radius 1 is 1.10 bits per heavy atom. The SMILES string of the molecule is Nc1cc(-c2ccc(OCc3ccccc3)c(Br)c2)[nH]n1. The average Bonchev–Trinajstić information content (AvgIpc) is 2.93. The highest BCUT2D eigenvalue weighted by Crippen LogP contribution is 2.31. The van der Waals surface area contributed by atoms with E-state index in [1.165, 1.54) is 0 Å². The summed E-state index contributed by atoms with van der Waals surface area (Å²) in [5, 5.41) is 6.82. The largest absolute Gasteiger partial charge is 0.488 e. The van der Waals surface area contributed by atoms with Crippen LogP contribution in [0.5, 0.6) is 5.75 Å². The van der Waals surface area contributed by atoms with E-state index in [9.17, 15) is 0 Å². The van der Waals surface area contributed by atoms with Crippen LogP contribution in [0.1, 0.15) is 5.56 Å². The normalized spacial score (nSPS) is 10.5. The van der Waals surface area contributed by atoms with Crippen LogP contribution >= 0.6 is 15.9 Å². The third-order valence-corrected chi connectivity index (χ3v) is 3.70. The summed E-state index contributed by atoms with van der Waals surface area (Å²) in [6, 6.07) is 17.7. The number of H-pyrrole nitrogens is 1. The zero-order valence-electron chi connectivity index (χ0n) is 11.2. The first-order valence-electron chi connectivity index (χ1n) is 6.50. The zero-order valence-corrected chi connectivity index (χ0v) is 12.8. The Morgan fingerprint density at radius 3 is 2.57 bits per heavy atom. The third kappa shape index (κ3) is 3.25. The Hall–Kier alpha value is -2.27. The van der Waals surface area contributed by atoms with Crippen molar-refractivity contribution in [3.05, 3.63) is 64.6 Å². The van der Waals surface area contributed by atoms with Crippen molar-refractivity contribution in [3.8, 4) is 17.0 Å². The number of benzene rings is 2. The van der Waals surface area contributed by atoms with Crippen molar-refractivity contribution in [2.45, 2.75) is 6.61 Å². The Morgan fingerprint density at radius 2 is 1.90 bits per heavy atom. The summed E-state index contributed by atoms with van der Waals surface area (Å²) in [5.41, 5.74) is 8.63. The molecular formula is C16H14BrN3O. The number of ether oxygens (including phenoxy) is 1. The first kappa shape index (κ1) is 13.7. The minimum absolute atomic E-state index is 0.477. The minimum Gasteiger partial charge on any atom is -0.488 e. The highest BCUT2D eigenvalue weighted by Gasteiger charge is 2.06. The van der Waals surface area contributed by atoms with Crippen LogP contribution < -0.4 is 10.5 Å². The lowest BCUT2D eigenvalue weighted by Crippen LogP contribution is -1.95. The molecule has 3 rings (SSSR count). The summed E-state index contributed by atoms with van der Waals surface area (Å²) in [6.07, 6.45) is 0. The van der Waals surface area contributed by atoms with Crippen molar-refractivity contribution in [2.24, 2.45) is 0 Å². The second kappa shape index (κ2) is 6.01. The monoisotopic (exact) mass is 343 g/mol. The Bertz CT molecular complexity index is 740. The molecule has 2 aromatic carbocycles. The molecule has 0 atom stereocenters. The molecule has 0 aliphatic rings. The van der Waals surface area contributed by atoms with E-state index in [1.54, 1.807) is 6.07 Å². The number of nitrogens with two attached hydrogens (primary N) is 1. The maximum atomic E-state index is 5.82. The minimum atomic E-state index is 0.477. The first-order valence-corrected chi connectivity index (χ1v) is 7.29. The Kier molecular flexibility index (Phi) is 3.92. The number of aromatic nitrogens is 2. The van der Waals surface area contributed by atoms with Crippen molar-refractivity contribution in [2.75, 3.05) is 5.73 Å². The molecule has 0 aliphatic carbocycles. The standard InChI is InChI=1S/C16H14BrN3O/c17-13-8-12(14-9-16(18)20-19-14)6-7-15(13)21-10-11-4-2-1-3-5-11/h1-9H,10H2,(H3,18,19,20). The van der Waals surface area contributed by atoms with Crippen LogP contribution in [0.3, 0.4) is 0 Å². The van der Waals surface area contributed by atoms with Gasteiger partial charge in [-0.1, -0.05) is 30.3 Å². The molecule has 3 N–H and O–H groups in total. The molecule has 0 amide bonds. The number of halogens is 1. The lowest BCUT2D eigenvalue weighted by atomic mass is 10.1.